The minimum Gasteiger partial charge on any atom is -0.507 e. The summed E-state index contributed by atoms with van der Waals surface area (Å²) in [5, 5.41) is 21.3. The molecule has 10 heteroatoms. The normalized spacial score (nSPS) is 12.5. The Balaban J connectivity index is 1.90. The number of carbonyl (C=O) groups excluding carboxylic acids is 1. The Morgan fingerprint density at radius 3 is 2.52 bits per heavy atom. The van der Waals surface area contributed by atoms with Crippen LogP contribution in [0.2, 0.25) is 0 Å². The third-order valence-corrected chi connectivity index (χ3v) is 3.36. The number of alkyl halides is 3. The average Bonchev–Trinajstić information content (AvgIpc) is 2.56. The number of nitrogens with one attached hydrogen (secondary N) is 1. The molecule has 0 aromatic heterocycles. The van der Waals surface area contributed by atoms with Gasteiger partial charge in [0.05, 0.1) is 5.56 Å². The number of halogens is 5. The fourth-order valence-electron chi connectivity index (χ4n) is 2.10. The molecule has 0 saturated carbocycles. The van der Waals surface area contributed by atoms with Crippen molar-refractivity contribution < 1.29 is 41.7 Å². The molecule has 1 amide bonds. The third kappa shape index (κ3) is 5.55. The number of benzene rings is 2. The Morgan fingerprint density at radius 1 is 1.19 bits per heavy atom. The Bertz CT molecular complexity index is 802. The lowest BCUT2D eigenvalue weighted by Gasteiger charge is -2.15. The molecule has 2 rings (SSSR count). The first-order chi connectivity index (χ1) is 12.6. The summed E-state index contributed by atoms with van der Waals surface area (Å²) in [5.74, 6) is -4.53. The number of phenolic OH excluding ortho intramolecular Hbond substituents is 1. The molecule has 0 aliphatic carbocycles. The molecule has 2 aromatic rings. The number of aliphatic hydroxyl groups excluding tert-OH is 1. The van der Waals surface area contributed by atoms with Crippen molar-refractivity contribution in [2.24, 2.45) is 0 Å². The molecule has 2 aromatic carbocycles. The maximum absolute atomic E-state index is 13.5. The van der Waals surface area contributed by atoms with Crippen molar-refractivity contribution >= 4 is 5.91 Å². The summed E-state index contributed by atoms with van der Waals surface area (Å²) >= 11 is 0. The minimum absolute atomic E-state index is 0.141. The number of hydrogen-bond donors (Lipinski definition) is 3. The van der Waals surface area contributed by atoms with Crippen LogP contribution in [0.4, 0.5) is 22.0 Å². The highest BCUT2D eigenvalue weighted by Gasteiger charge is 2.30. The van der Waals surface area contributed by atoms with Crippen molar-refractivity contribution in [1.82, 2.24) is 5.32 Å². The molecule has 27 heavy (non-hydrogen) atoms. The van der Waals surface area contributed by atoms with Gasteiger partial charge in [0.2, 0.25) is 0 Å². The van der Waals surface area contributed by atoms with Crippen LogP contribution in [-0.2, 0) is 6.18 Å². The zero-order valence-electron chi connectivity index (χ0n) is 13.6. The van der Waals surface area contributed by atoms with Gasteiger partial charge in [-0.25, -0.2) is 8.78 Å². The van der Waals surface area contributed by atoms with Crippen LogP contribution in [0.5, 0.6) is 11.5 Å². The standard InChI is InChI=1S/C17H14F5NO4/c18-10-5-13(19)15(14(25)6-10)16(26)23-7-11(24)8-27-12-3-1-2-9(4-12)17(20,21)22/h1-6,11,24-25H,7-8H2,(H,23,26). The van der Waals surface area contributed by atoms with Crippen LogP contribution in [0, 0.1) is 11.6 Å². The van der Waals surface area contributed by atoms with Crippen molar-refractivity contribution in [3.05, 3.63) is 59.2 Å². The van der Waals surface area contributed by atoms with Crippen LogP contribution >= 0.6 is 0 Å². The first kappa shape index (κ1) is 20.4. The van der Waals surface area contributed by atoms with E-state index in [4.69, 9.17) is 4.74 Å². The molecule has 0 radical (unpaired) electrons. The highest BCUT2D eigenvalue weighted by molar-refractivity contribution is 5.97. The monoisotopic (exact) mass is 391 g/mol. The molecular weight excluding hydrogens is 377 g/mol. The SMILES string of the molecule is O=C(NCC(O)COc1cccc(C(F)(F)F)c1)c1c(O)cc(F)cc1F. The molecule has 0 bridgehead atoms. The van der Waals surface area contributed by atoms with Crippen LogP contribution in [0.25, 0.3) is 0 Å². The zero-order chi connectivity index (χ0) is 20.2. The van der Waals surface area contributed by atoms with Gasteiger partial charge in [-0.15, -0.1) is 0 Å². The minimum atomic E-state index is -4.55. The van der Waals surface area contributed by atoms with Crippen molar-refractivity contribution in [3.63, 3.8) is 0 Å². The second-order valence-corrected chi connectivity index (χ2v) is 5.48. The van der Waals surface area contributed by atoms with Crippen molar-refractivity contribution in [2.75, 3.05) is 13.2 Å². The van der Waals surface area contributed by atoms with Crippen LogP contribution in [0.15, 0.2) is 36.4 Å². The Hall–Kier alpha value is -2.88. The maximum Gasteiger partial charge on any atom is 0.416 e. The van der Waals surface area contributed by atoms with Crippen LogP contribution in [0.1, 0.15) is 15.9 Å². The number of hydrogen-bond acceptors (Lipinski definition) is 4. The summed E-state index contributed by atoms with van der Waals surface area (Å²) in [7, 11) is 0. The lowest BCUT2D eigenvalue weighted by molar-refractivity contribution is -0.137. The lowest BCUT2D eigenvalue weighted by atomic mass is 10.1. The summed E-state index contributed by atoms with van der Waals surface area (Å²) in [5.41, 5.74) is -1.73. The van der Waals surface area contributed by atoms with Crippen molar-refractivity contribution in [1.29, 1.82) is 0 Å². The number of amides is 1. The second-order valence-electron chi connectivity index (χ2n) is 5.48. The number of carbonyl (C=O) groups is 1. The van der Waals surface area contributed by atoms with Gasteiger partial charge >= 0.3 is 6.18 Å². The first-order valence-electron chi connectivity index (χ1n) is 7.52. The Kier molecular flexibility index (Phi) is 6.21. The van der Waals surface area contributed by atoms with E-state index >= 15 is 0 Å². The van der Waals surface area contributed by atoms with Crippen molar-refractivity contribution in [2.45, 2.75) is 12.3 Å². The fraction of sp³-hybridized carbons (Fsp3) is 0.235. The molecule has 0 heterocycles. The molecule has 0 aliphatic heterocycles. The second kappa shape index (κ2) is 8.21. The van der Waals surface area contributed by atoms with E-state index < -0.39 is 59.8 Å². The van der Waals surface area contributed by atoms with Crippen molar-refractivity contribution in [3.8, 4) is 11.5 Å². The smallest absolute Gasteiger partial charge is 0.416 e. The number of aliphatic hydroxyl groups is 1. The molecule has 3 N–H and O–H groups in total. The maximum atomic E-state index is 13.5. The Labute approximate surface area is 150 Å². The third-order valence-electron chi connectivity index (χ3n) is 3.36. The number of aromatic hydroxyl groups is 1. The van der Waals surface area contributed by atoms with E-state index in [-0.39, 0.29) is 5.75 Å². The summed E-state index contributed by atoms with van der Waals surface area (Å²) in [4.78, 5) is 11.8. The van der Waals surface area contributed by atoms with Gasteiger partial charge in [0.1, 0.15) is 41.4 Å². The van der Waals surface area contributed by atoms with Crippen LogP contribution < -0.4 is 10.1 Å². The van der Waals surface area contributed by atoms with E-state index in [9.17, 15) is 37.0 Å². The van der Waals surface area contributed by atoms with Gasteiger partial charge in [-0.05, 0) is 18.2 Å². The molecule has 1 atom stereocenters. The predicted octanol–water partition coefficient (Wildman–Crippen LogP) is 2.86. The van der Waals surface area contributed by atoms with Crippen LogP contribution in [0.3, 0.4) is 0 Å². The molecule has 5 nitrogen and oxygen atoms in total. The van der Waals surface area contributed by atoms with E-state index in [1.165, 1.54) is 6.07 Å². The number of ether oxygens (including phenoxy) is 1. The highest BCUT2D eigenvalue weighted by atomic mass is 19.4. The van der Waals surface area contributed by atoms with Gasteiger partial charge in [0.25, 0.3) is 5.91 Å². The summed E-state index contributed by atoms with van der Waals surface area (Å²) in [6.45, 7) is -0.909. The van der Waals surface area contributed by atoms with E-state index in [2.05, 4.69) is 5.32 Å². The average molecular weight is 391 g/mol. The lowest BCUT2D eigenvalue weighted by Crippen LogP contribution is -2.35. The van der Waals surface area contributed by atoms with Gasteiger partial charge in [-0.1, -0.05) is 6.07 Å². The molecule has 0 spiro atoms. The quantitative estimate of drug-likeness (QED) is 0.662. The molecular formula is C17H14F5NO4. The van der Waals surface area contributed by atoms with Gasteiger partial charge in [-0.2, -0.15) is 13.2 Å². The largest absolute Gasteiger partial charge is 0.507 e. The highest BCUT2D eigenvalue weighted by Crippen LogP contribution is 2.31. The summed E-state index contributed by atoms with van der Waals surface area (Å²) < 4.78 is 69.3. The predicted molar refractivity (Wildman–Crippen MR) is 83.3 cm³/mol. The van der Waals surface area contributed by atoms with Gasteiger partial charge in [-0.3, -0.25) is 4.79 Å². The number of phenols is 1. The molecule has 0 saturated heterocycles. The van der Waals surface area contributed by atoms with Gasteiger partial charge in [0.15, 0.2) is 0 Å². The topological polar surface area (TPSA) is 78.8 Å². The summed E-state index contributed by atoms with van der Waals surface area (Å²) in [6.07, 6.45) is -5.89. The van der Waals surface area contributed by atoms with E-state index in [0.717, 1.165) is 18.2 Å². The number of rotatable bonds is 6. The molecule has 146 valence electrons. The zero-order valence-corrected chi connectivity index (χ0v) is 13.6. The Morgan fingerprint density at radius 2 is 1.89 bits per heavy atom. The fourth-order valence-corrected chi connectivity index (χ4v) is 2.10. The van der Waals surface area contributed by atoms with E-state index in [0.29, 0.717) is 12.1 Å². The van der Waals surface area contributed by atoms with E-state index in [1.54, 1.807) is 0 Å². The van der Waals surface area contributed by atoms with Gasteiger partial charge in [0, 0.05) is 18.7 Å². The first-order valence-corrected chi connectivity index (χ1v) is 7.52. The molecule has 0 fully saturated rings. The van der Waals surface area contributed by atoms with E-state index in [1.807, 2.05) is 0 Å². The molecule has 1 unspecified atom stereocenters. The summed E-state index contributed by atoms with van der Waals surface area (Å²) in [6, 6.07) is 4.94. The van der Waals surface area contributed by atoms with Crippen LogP contribution in [-0.4, -0.2) is 35.4 Å². The van der Waals surface area contributed by atoms with Gasteiger partial charge < -0.3 is 20.3 Å². The molecule has 0 aliphatic rings.